The van der Waals surface area contributed by atoms with Gasteiger partial charge >= 0.3 is 0 Å². The summed E-state index contributed by atoms with van der Waals surface area (Å²) in [5, 5.41) is 10.8. The zero-order valence-electron chi connectivity index (χ0n) is 13.5. The van der Waals surface area contributed by atoms with Crippen LogP contribution in [-0.4, -0.2) is 29.0 Å². The highest BCUT2D eigenvalue weighted by molar-refractivity contribution is 9.09. The van der Waals surface area contributed by atoms with Crippen LogP contribution in [-0.2, 0) is 10.0 Å². The molecule has 1 aliphatic heterocycles. The van der Waals surface area contributed by atoms with Crippen LogP contribution < -0.4 is 0 Å². The lowest BCUT2D eigenvalue weighted by Gasteiger charge is -2.24. The van der Waals surface area contributed by atoms with E-state index in [9.17, 15) is 18.5 Å². The zero-order valence-corrected chi connectivity index (χ0v) is 15.9. The Morgan fingerprint density at radius 2 is 1.72 bits per heavy atom. The second-order valence-electron chi connectivity index (χ2n) is 6.09. The molecule has 132 valence electrons. The van der Waals surface area contributed by atoms with Gasteiger partial charge in [-0.25, -0.2) is 8.42 Å². The number of hydrogen-bond acceptors (Lipinski definition) is 4. The third-order valence-corrected chi connectivity index (χ3v) is 6.87. The first-order valence-electron chi connectivity index (χ1n) is 7.76. The fraction of sp³-hybridized carbons (Fsp3) is 0.294. The van der Waals surface area contributed by atoms with Crippen LogP contribution in [0.5, 0.6) is 0 Å². The quantitative estimate of drug-likeness (QED) is 0.424. The van der Waals surface area contributed by atoms with Gasteiger partial charge in [-0.15, -0.1) is 0 Å². The first kappa shape index (κ1) is 18.0. The van der Waals surface area contributed by atoms with Crippen molar-refractivity contribution in [3.63, 3.8) is 0 Å². The van der Waals surface area contributed by atoms with Gasteiger partial charge in [0.1, 0.15) is 0 Å². The largest absolute Gasteiger partial charge is 0.269 e. The highest BCUT2D eigenvalue weighted by atomic mass is 79.9. The molecule has 0 spiro atoms. The number of aryl methyl sites for hydroxylation is 1. The molecule has 0 aliphatic carbocycles. The normalized spacial score (nSPS) is 21.4. The Bertz CT molecular complexity index is 882. The first-order chi connectivity index (χ1) is 11.8. The predicted molar refractivity (Wildman–Crippen MR) is 98.2 cm³/mol. The van der Waals surface area contributed by atoms with E-state index in [1.54, 1.807) is 36.4 Å². The Balaban J connectivity index is 1.96. The van der Waals surface area contributed by atoms with Crippen LogP contribution in [0.4, 0.5) is 5.69 Å². The molecule has 1 heterocycles. The van der Waals surface area contributed by atoms with Gasteiger partial charge in [-0.3, -0.25) is 10.1 Å². The number of hydrogen-bond donors (Lipinski definition) is 0. The molecule has 0 bridgehead atoms. The summed E-state index contributed by atoms with van der Waals surface area (Å²) in [5.74, 6) is 0. The van der Waals surface area contributed by atoms with Gasteiger partial charge in [-0.2, -0.15) is 4.31 Å². The number of halogens is 1. The summed E-state index contributed by atoms with van der Waals surface area (Å²) in [4.78, 5) is 10.6. The molecule has 0 amide bonds. The number of benzene rings is 2. The minimum absolute atomic E-state index is 0.00918. The van der Waals surface area contributed by atoms with E-state index in [0.717, 1.165) is 11.1 Å². The molecule has 25 heavy (non-hydrogen) atoms. The molecule has 2 atom stereocenters. The molecule has 0 aromatic heterocycles. The third-order valence-electron chi connectivity index (χ3n) is 4.32. The predicted octanol–water partition coefficient (Wildman–Crippen LogP) is 3.80. The van der Waals surface area contributed by atoms with Gasteiger partial charge in [-0.05, 0) is 31.0 Å². The van der Waals surface area contributed by atoms with Crippen molar-refractivity contribution in [1.82, 2.24) is 4.31 Å². The summed E-state index contributed by atoms with van der Waals surface area (Å²) < 4.78 is 27.6. The summed E-state index contributed by atoms with van der Waals surface area (Å²) in [5.41, 5.74) is 1.74. The minimum Gasteiger partial charge on any atom is -0.258 e. The topological polar surface area (TPSA) is 80.5 Å². The van der Waals surface area contributed by atoms with Crippen LogP contribution in [0, 0.1) is 17.0 Å². The second-order valence-corrected chi connectivity index (χ2v) is 9.27. The first-order valence-corrected chi connectivity index (χ1v) is 10.1. The van der Waals surface area contributed by atoms with Crippen molar-refractivity contribution in [2.24, 2.45) is 0 Å². The van der Waals surface area contributed by atoms with E-state index >= 15 is 0 Å². The van der Waals surface area contributed by atoms with E-state index in [1.165, 1.54) is 16.4 Å². The number of nitro groups is 1. The molecule has 1 saturated heterocycles. The number of nitrogens with zero attached hydrogens (tertiary/aromatic N) is 2. The maximum Gasteiger partial charge on any atom is 0.269 e. The smallest absolute Gasteiger partial charge is 0.258 e. The highest BCUT2D eigenvalue weighted by Crippen LogP contribution is 2.39. The average molecular weight is 425 g/mol. The molecule has 0 radical (unpaired) electrons. The molecule has 0 N–H and O–H groups in total. The summed E-state index contributed by atoms with van der Waals surface area (Å²) in [6.45, 7) is 2.26. The molecule has 0 unspecified atom stereocenters. The van der Waals surface area contributed by atoms with Gasteiger partial charge in [0.15, 0.2) is 0 Å². The Labute approximate surface area is 154 Å². The summed E-state index contributed by atoms with van der Waals surface area (Å²) in [7, 11) is -3.64. The molecule has 1 fully saturated rings. The summed E-state index contributed by atoms with van der Waals surface area (Å²) in [6, 6.07) is 12.5. The van der Waals surface area contributed by atoms with Crippen molar-refractivity contribution >= 4 is 31.6 Å². The number of alkyl halides is 1. The van der Waals surface area contributed by atoms with Crippen LogP contribution in [0.15, 0.2) is 53.4 Å². The lowest BCUT2D eigenvalue weighted by molar-refractivity contribution is -0.384. The van der Waals surface area contributed by atoms with Gasteiger partial charge in [0.05, 0.1) is 15.9 Å². The van der Waals surface area contributed by atoms with Crippen molar-refractivity contribution in [1.29, 1.82) is 0 Å². The van der Waals surface area contributed by atoms with Gasteiger partial charge in [0, 0.05) is 23.5 Å². The number of non-ortho nitro benzene ring substituents is 1. The van der Waals surface area contributed by atoms with E-state index in [-0.39, 0.29) is 21.5 Å². The Morgan fingerprint density at radius 1 is 1.12 bits per heavy atom. The van der Waals surface area contributed by atoms with Crippen molar-refractivity contribution in [3.8, 4) is 0 Å². The van der Waals surface area contributed by atoms with Crippen molar-refractivity contribution in [2.75, 3.05) is 6.54 Å². The number of rotatable bonds is 4. The third kappa shape index (κ3) is 3.61. The SMILES string of the molecule is Cc1ccc(S(=O)(=O)N2C[C@H](Br)C[C@H]2c2ccc([N+](=O)[O-])cc2)cc1. The van der Waals surface area contributed by atoms with E-state index < -0.39 is 14.9 Å². The molecular weight excluding hydrogens is 408 g/mol. The molecule has 2 aromatic carbocycles. The fourth-order valence-corrected chi connectivity index (χ4v) is 5.52. The molecule has 0 saturated carbocycles. The maximum atomic E-state index is 13.0. The van der Waals surface area contributed by atoms with Crippen LogP contribution in [0.2, 0.25) is 0 Å². The Kier molecular flexibility index (Phi) is 4.95. The summed E-state index contributed by atoms with van der Waals surface area (Å²) >= 11 is 3.52. The van der Waals surface area contributed by atoms with E-state index in [4.69, 9.17) is 0 Å². The molecule has 2 aromatic rings. The molecule has 6 nitrogen and oxygen atoms in total. The van der Waals surface area contributed by atoms with Crippen molar-refractivity contribution in [3.05, 3.63) is 69.8 Å². The van der Waals surface area contributed by atoms with E-state index in [2.05, 4.69) is 15.9 Å². The molecule has 1 aliphatic rings. The number of nitro benzene ring substituents is 1. The van der Waals surface area contributed by atoms with Crippen LogP contribution in [0.25, 0.3) is 0 Å². The standard InChI is InChI=1S/C17H17BrN2O4S/c1-12-2-8-16(9-3-12)25(23,24)19-11-14(18)10-17(19)13-4-6-15(7-5-13)20(21)22/h2-9,14,17H,10-11H2,1H3/t14-,17+/m1/s1. The molecule has 8 heteroatoms. The van der Waals surface area contributed by atoms with Crippen LogP contribution in [0.1, 0.15) is 23.6 Å². The Hall–Kier alpha value is -1.77. The molecule has 3 rings (SSSR count). The lowest BCUT2D eigenvalue weighted by Crippen LogP contribution is -2.31. The molecular formula is C17H17BrN2O4S. The van der Waals surface area contributed by atoms with Gasteiger partial charge < -0.3 is 0 Å². The maximum absolute atomic E-state index is 13.0. The van der Waals surface area contributed by atoms with Crippen molar-refractivity contribution < 1.29 is 13.3 Å². The minimum atomic E-state index is -3.64. The van der Waals surface area contributed by atoms with Crippen LogP contribution >= 0.6 is 15.9 Å². The zero-order chi connectivity index (χ0) is 18.2. The van der Waals surface area contributed by atoms with Gasteiger partial charge in [0.25, 0.3) is 5.69 Å². The summed E-state index contributed by atoms with van der Waals surface area (Å²) in [6.07, 6.45) is 0.614. The fourth-order valence-electron chi connectivity index (χ4n) is 2.99. The lowest BCUT2D eigenvalue weighted by atomic mass is 10.1. The monoisotopic (exact) mass is 424 g/mol. The highest BCUT2D eigenvalue weighted by Gasteiger charge is 2.40. The van der Waals surface area contributed by atoms with E-state index in [1.807, 2.05) is 6.92 Å². The Morgan fingerprint density at radius 3 is 2.28 bits per heavy atom. The van der Waals surface area contributed by atoms with Crippen molar-refractivity contribution in [2.45, 2.75) is 29.1 Å². The average Bonchev–Trinajstić information content (AvgIpc) is 2.98. The second kappa shape index (κ2) is 6.86. The van der Waals surface area contributed by atoms with Gasteiger partial charge in [-0.1, -0.05) is 45.8 Å². The van der Waals surface area contributed by atoms with Crippen LogP contribution in [0.3, 0.4) is 0 Å². The van der Waals surface area contributed by atoms with Gasteiger partial charge in [0.2, 0.25) is 10.0 Å². The number of sulfonamides is 1. The van der Waals surface area contributed by atoms with E-state index in [0.29, 0.717) is 13.0 Å².